The van der Waals surface area contributed by atoms with Crippen LogP contribution < -0.4 is 10.1 Å². The van der Waals surface area contributed by atoms with Gasteiger partial charge < -0.3 is 30.1 Å². The first-order valence-electron chi connectivity index (χ1n) is 8.37. The molecule has 1 aromatic carbocycles. The van der Waals surface area contributed by atoms with Gasteiger partial charge in [0.2, 0.25) is 0 Å². The summed E-state index contributed by atoms with van der Waals surface area (Å²) in [5.74, 6) is -1.93. The van der Waals surface area contributed by atoms with Gasteiger partial charge in [-0.15, -0.1) is 0 Å². The quantitative estimate of drug-likeness (QED) is 0.390. The van der Waals surface area contributed by atoms with Crippen LogP contribution >= 0.6 is 23.2 Å². The Morgan fingerprint density at radius 3 is 1.97 bits per heavy atom. The molecule has 2 amide bonds. The fourth-order valence-corrected chi connectivity index (χ4v) is 2.17. The number of nitrogens with zero attached hydrogens (tertiary/aromatic N) is 2. The van der Waals surface area contributed by atoms with Crippen molar-refractivity contribution >= 4 is 41.2 Å². The molecule has 0 unspecified atom stereocenters. The number of carbonyl (C=O) groups excluding carboxylic acids is 1. The zero-order chi connectivity index (χ0) is 22.4. The molecular formula is C18H25Cl2N3O6. The van der Waals surface area contributed by atoms with Crippen LogP contribution in [-0.2, 0) is 9.59 Å². The number of benzene rings is 1. The van der Waals surface area contributed by atoms with E-state index in [0.29, 0.717) is 47.6 Å². The van der Waals surface area contributed by atoms with Crippen molar-refractivity contribution in [3.63, 3.8) is 0 Å². The Morgan fingerprint density at radius 2 is 1.52 bits per heavy atom. The topological polar surface area (TPSA) is 119 Å². The number of nitrogens with one attached hydrogen (secondary N) is 1. The number of carboxylic acids is 2. The van der Waals surface area contributed by atoms with E-state index in [1.54, 1.807) is 30.1 Å². The molecule has 0 heterocycles. The summed E-state index contributed by atoms with van der Waals surface area (Å²) < 4.78 is 5.49. The van der Waals surface area contributed by atoms with Crippen molar-refractivity contribution in [1.82, 2.24) is 15.1 Å². The van der Waals surface area contributed by atoms with E-state index in [1.165, 1.54) is 0 Å². The zero-order valence-electron chi connectivity index (χ0n) is 16.4. The van der Waals surface area contributed by atoms with Gasteiger partial charge in [0.1, 0.15) is 12.4 Å². The Balaban J connectivity index is 0.000000828. The first kappa shape index (κ1) is 26.5. The molecule has 0 bridgehead atoms. The van der Waals surface area contributed by atoms with Crippen molar-refractivity contribution < 1.29 is 29.3 Å². The summed E-state index contributed by atoms with van der Waals surface area (Å²) in [5, 5.41) is 19.4. The molecule has 11 heteroatoms. The number of ether oxygens (including phenoxy) is 1. The number of carbonyl (C=O) groups is 3. The van der Waals surface area contributed by atoms with Crippen LogP contribution in [-0.4, -0.2) is 85.4 Å². The van der Waals surface area contributed by atoms with Crippen LogP contribution in [0.15, 0.2) is 30.4 Å². The lowest BCUT2D eigenvalue weighted by molar-refractivity contribution is -0.134. The number of rotatable bonds is 9. The Hall–Kier alpha value is -2.49. The molecular weight excluding hydrogens is 425 g/mol. The van der Waals surface area contributed by atoms with Crippen molar-refractivity contribution in [3.05, 3.63) is 40.4 Å². The Bertz CT molecular complexity index is 677. The first-order valence-corrected chi connectivity index (χ1v) is 9.13. The van der Waals surface area contributed by atoms with Crippen LogP contribution in [0, 0.1) is 0 Å². The maximum Gasteiger partial charge on any atom is 0.328 e. The highest BCUT2D eigenvalue weighted by molar-refractivity contribution is 6.34. The number of amides is 2. The molecule has 0 spiro atoms. The fourth-order valence-electron chi connectivity index (χ4n) is 1.67. The molecule has 1 aromatic rings. The van der Waals surface area contributed by atoms with E-state index < -0.39 is 11.9 Å². The van der Waals surface area contributed by atoms with E-state index in [4.69, 9.17) is 38.2 Å². The monoisotopic (exact) mass is 449 g/mol. The number of carboxylic acid groups (broad SMARTS) is 2. The summed E-state index contributed by atoms with van der Waals surface area (Å²) in [4.78, 5) is 34.5. The highest BCUT2D eigenvalue weighted by atomic mass is 35.5. The molecule has 0 aliphatic rings. The predicted molar refractivity (Wildman–Crippen MR) is 111 cm³/mol. The molecule has 0 aliphatic heterocycles. The Morgan fingerprint density at radius 1 is 1.00 bits per heavy atom. The number of urea groups is 1. The van der Waals surface area contributed by atoms with Crippen molar-refractivity contribution in [2.24, 2.45) is 0 Å². The third kappa shape index (κ3) is 15.1. The summed E-state index contributed by atoms with van der Waals surface area (Å²) in [6.07, 6.45) is 1.12. The smallest absolute Gasteiger partial charge is 0.328 e. The molecule has 3 N–H and O–H groups in total. The first-order chi connectivity index (χ1) is 13.5. The normalized spacial score (nSPS) is 10.3. The van der Waals surface area contributed by atoms with Gasteiger partial charge >= 0.3 is 18.0 Å². The van der Waals surface area contributed by atoms with Gasteiger partial charge in [0.05, 0.1) is 6.54 Å². The molecule has 0 atom stereocenters. The van der Waals surface area contributed by atoms with Crippen molar-refractivity contribution in [3.8, 4) is 5.75 Å². The summed E-state index contributed by atoms with van der Waals surface area (Å²) in [6.45, 7) is 2.25. The van der Waals surface area contributed by atoms with E-state index in [-0.39, 0.29) is 6.03 Å². The molecule has 0 aliphatic carbocycles. The molecule has 29 heavy (non-hydrogen) atoms. The van der Waals surface area contributed by atoms with E-state index in [2.05, 4.69) is 5.32 Å². The van der Waals surface area contributed by atoms with Gasteiger partial charge in [-0.3, -0.25) is 0 Å². The third-order valence-corrected chi connectivity index (χ3v) is 3.52. The summed E-state index contributed by atoms with van der Waals surface area (Å²) in [7, 11) is 5.70. The second-order valence-corrected chi connectivity index (χ2v) is 6.79. The van der Waals surface area contributed by atoms with Crippen LogP contribution in [0.4, 0.5) is 4.79 Å². The minimum absolute atomic E-state index is 0.121. The lowest BCUT2D eigenvalue weighted by Gasteiger charge is -2.20. The summed E-state index contributed by atoms with van der Waals surface area (Å²) in [6, 6.07) is 4.87. The predicted octanol–water partition coefficient (Wildman–Crippen LogP) is 2.29. The molecule has 0 radical (unpaired) electrons. The van der Waals surface area contributed by atoms with E-state index in [0.717, 1.165) is 6.54 Å². The standard InChI is InChI=1S/C14H21Cl2N3O2.C4H4O4/c1-18(2)5-6-19(3)14(20)17-4-7-21-13-9-11(15)8-12(16)10-13;5-3(6)1-2-4(7)8/h8-10H,4-7H2,1-3H3,(H,17,20);1-2H,(H,5,6)(H,7,8). The van der Waals surface area contributed by atoms with Crippen molar-refractivity contribution in [1.29, 1.82) is 0 Å². The van der Waals surface area contributed by atoms with Gasteiger partial charge in [-0.25, -0.2) is 14.4 Å². The SMILES string of the molecule is CN(C)CCN(C)C(=O)NCCOc1cc(Cl)cc(Cl)c1.O=C(O)C=CC(=O)O. The molecule has 162 valence electrons. The van der Waals surface area contributed by atoms with E-state index >= 15 is 0 Å². The maximum atomic E-state index is 11.8. The van der Waals surface area contributed by atoms with Crippen LogP contribution in [0.3, 0.4) is 0 Å². The largest absolute Gasteiger partial charge is 0.492 e. The second kappa shape index (κ2) is 14.5. The van der Waals surface area contributed by atoms with Gasteiger partial charge in [-0.05, 0) is 32.3 Å². The fraction of sp³-hybridized carbons (Fsp3) is 0.389. The average molecular weight is 450 g/mol. The minimum atomic E-state index is -1.26. The van der Waals surface area contributed by atoms with Crippen LogP contribution in [0.5, 0.6) is 5.75 Å². The number of aliphatic carboxylic acids is 2. The zero-order valence-corrected chi connectivity index (χ0v) is 17.9. The van der Waals surface area contributed by atoms with E-state index in [1.807, 2.05) is 19.0 Å². The molecule has 0 fully saturated rings. The van der Waals surface area contributed by atoms with Crippen molar-refractivity contribution in [2.75, 3.05) is 47.4 Å². The average Bonchev–Trinajstić information content (AvgIpc) is 2.61. The third-order valence-electron chi connectivity index (χ3n) is 3.08. The van der Waals surface area contributed by atoms with Gasteiger partial charge in [-0.2, -0.15) is 0 Å². The van der Waals surface area contributed by atoms with Gasteiger partial charge in [-0.1, -0.05) is 23.2 Å². The highest BCUT2D eigenvalue weighted by Crippen LogP contribution is 2.23. The van der Waals surface area contributed by atoms with Crippen molar-refractivity contribution in [2.45, 2.75) is 0 Å². The van der Waals surface area contributed by atoms with Crippen LogP contribution in [0.25, 0.3) is 0 Å². The summed E-state index contributed by atoms with van der Waals surface area (Å²) in [5.41, 5.74) is 0. The number of hydrogen-bond acceptors (Lipinski definition) is 5. The highest BCUT2D eigenvalue weighted by Gasteiger charge is 2.07. The number of likely N-dealkylation sites (N-methyl/N-ethyl adjacent to an activating group) is 2. The number of halogens is 2. The molecule has 0 aromatic heterocycles. The lowest BCUT2D eigenvalue weighted by Crippen LogP contribution is -2.41. The van der Waals surface area contributed by atoms with Gasteiger partial charge in [0.25, 0.3) is 0 Å². The van der Waals surface area contributed by atoms with Gasteiger partial charge in [0, 0.05) is 42.3 Å². The van der Waals surface area contributed by atoms with Crippen LogP contribution in [0.1, 0.15) is 0 Å². The molecule has 9 nitrogen and oxygen atoms in total. The van der Waals surface area contributed by atoms with Gasteiger partial charge in [0.15, 0.2) is 0 Å². The molecule has 0 saturated heterocycles. The maximum absolute atomic E-state index is 11.8. The minimum Gasteiger partial charge on any atom is -0.492 e. The second-order valence-electron chi connectivity index (χ2n) is 5.92. The number of hydrogen-bond donors (Lipinski definition) is 3. The van der Waals surface area contributed by atoms with Crippen LogP contribution in [0.2, 0.25) is 10.0 Å². The lowest BCUT2D eigenvalue weighted by atomic mass is 10.3. The van der Waals surface area contributed by atoms with E-state index in [9.17, 15) is 14.4 Å². The Kier molecular flexibility index (Phi) is 13.3. The summed E-state index contributed by atoms with van der Waals surface area (Å²) >= 11 is 11.7. The molecule has 0 saturated carbocycles. The Labute approximate surface area is 179 Å². The molecule has 1 rings (SSSR count).